The summed E-state index contributed by atoms with van der Waals surface area (Å²) in [5.41, 5.74) is 2.08. The first-order chi connectivity index (χ1) is 13.6. The van der Waals surface area contributed by atoms with E-state index in [0.29, 0.717) is 25.4 Å². The van der Waals surface area contributed by atoms with Gasteiger partial charge in [-0.15, -0.1) is 0 Å². The molecule has 0 radical (unpaired) electrons. The Balaban J connectivity index is 1.41. The molecule has 1 aliphatic heterocycles. The highest BCUT2D eigenvalue weighted by atomic mass is 19.3. The topological polar surface area (TPSA) is 44.8 Å². The van der Waals surface area contributed by atoms with Crippen molar-refractivity contribution >= 4 is 6.03 Å². The van der Waals surface area contributed by atoms with Crippen molar-refractivity contribution < 1.29 is 18.3 Å². The van der Waals surface area contributed by atoms with E-state index in [1.165, 1.54) is 5.56 Å². The zero-order chi connectivity index (χ0) is 19.8. The number of benzene rings is 2. The number of amides is 2. The van der Waals surface area contributed by atoms with Crippen molar-refractivity contribution in [1.29, 1.82) is 0 Å². The number of rotatable bonds is 7. The Morgan fingerprint density at radius 2 is 1.71 bits per heavy atom. The zero-order valence-corrected chi connectivity index (χ0v) is 15.7. The van der Waals surface area contributed by atoms with Crippen LogP contribution in [0.25, 0.3) is 0 Å². The van der Waals surface area contributed by atoms with Gasteiger partial charge in [-0.1, -0.05) is 42.5 Å². The van der Waals surface area contributed by atoms with Gasteiger partial charge in [-0.05, 0) is 23.3 Å². The molecule has 0 bridgehead atoms. The minimum Gasteiger partial charge on any atom is -0.488 e. The molecule has 3 rings (SSSR count). The molecule has 1 aliphatic rings. The smallest absolute Gasteiger partial charge is 0.317 e. The minimum absolute atomic E-state index is 0.113. The Kier molecular flexibility index (Phi) is 7.19. The van der Waals surface area contributed by atoms with Gasteiger partial charge in [0.15, 0.2) is 0 Å². The molecule has 7 heteroatoms. The monoisotopic (exact) mass is 389 g/mol. The molecule has 1 heterocycles. The number of piperazine rings is 1. The molecule has 2 aromatic rings. The van der Waals surface area contributed by atoms with Crippen LogP contribution in [-0.2, 0) is 13.1 Å². The molecular formula is C21H25F2N3O2. The Morgan fingerprint density at radius 1 is 1.00 bits per heavy atom. The van der Waals surface area contributed by atoms with Crippen LogP contribution in [0.5, 0.6) is 5.75 Å². The Hall–Kier alpha value is -2.67. The maximum atomic E-state index is 12.4. The molecule has 1 saturated heterocycles. The van der Waals surface area contributed by atoms with Crippen molar-refractivity contribution in [3.05, 3.63) is 65.7 Å². The lowest BCUT2D eigenvalue weighted by Crippen LogP contribution is -2.51. The summed E-state index contributed by atoms with van der Waals surface area (Å²) in [6.45, 7) is 3.60. The van der Waals surface area contributed by atoms with Gasteiger partial charge in [0.25, 0.3) is 6.43 Å². The highest BCUT2D eigenvalue weighted by molar-refractivity contribution is 5.74. The predicted molar refractivity (Wildman–Crippen MR) is 103 cm³/mol. The quantitative estimate of drug-likeness (QED) is 0.790. The van der Waals surface area contributed by atoms with Crippen LogP contribution in [0.1, 0.15) is 11.1 Å². The first kappa shape index (κ1) is 20.1. The molecule has 150 valence electrons. The third kappa shape index (κ3) is 6.20. The van der Waals surface area contributed by atoms with Gasteiger partial charge in [-0.3, -0.25) is 4.90 Å². The highest BCUT2D eigenvalue weighted by Crippen LogP contribution is 2.14. The molecule has 0 aromatic heterocycles. The third-order valence-corrected chi connectivity index (χ3v) is 4.63. The van der Waals surface area contributed by atoms with Crippen LogP contribution in [0.3, 0.4) is 0 Å². The average molecular weight is 389 g/mol. The van der Waals surface area contributed by atoms with Gasteiger partial charge in [0.05, 0.1) is 0 Å². The first-order valence-corrected chi connectivity index (χ1v) is 9.39. The Morgan fingerprint density at radius 3 is 2.43 bits per heavy atom. The fraction of sp³-hybridized carbons (Fsp3) is 0.381. The van der Waals surface area contributed by atoms with Gasteiger partial charge in [0.1, 0.15) is 12.4 Å². The predicted octanol–water partition coefficient (Wildman–Crippen LogP) is 3.36. The van der Waals surface area contributed by atoms with Crippen molar-refractivity contribution in [3.8, 4) is 5.75 Å². The Bertz CT molecular complexity index is 750. The molecule has 5 nitrogen and oxygen atoms in total. The summed E-state index contributed by atoms with van der Waals surface area (Å²) in [6, 6.07) is 17.0. The molecule has 0 aliphatic carbocycles. The molecule has 1 fully saturated rings. The van der Waals surface area contributed by atoms with Crippen molar-refractivity contribution in [2.24, 2.45) is 0 Å². The molecular weight excluding hydrogens is 364 g/mol. The maximum Gasteiger partial charge on any atom is 0.317 e. The lowest BCUT2D eigenvalue weighted by molar-refractivity contribution is 0.0818. The summed E-state index contributed by atoms with van der Waals surface area (Å²) in [7, 11) is 0. The van der Waals surface area contributed by atoms with Crippen LogP contribution < -0.4 is 10.1 Å². The molecule has 0 spiro atoms. The van der Waals surface area contributed by atoms with E-state index in [4.69, 9.17) is 4.74 Å². The zero-order valence-electron chi connectivity index (χ0n) is 15.7. The molecule has 0 saturated carbocycles. The summed E-state index contributed by atoms with van der Waals surface area (Å²) in [6.07, 6.45) is -2.51. The number of carbonyl (C=O) groups excluding carboxylic acids is 1. The normalized spacial score (nSPS) is 14.9. The molecule has 0 unspecified atom stereocenters. The van der Waals surface area contributed by atoms with E-state index in [9.17, 15) is 13.6 Å². The number of urea groups is 1. The molecule has 28 heavy (non-hydrogen) atoms. The van der Waals surface area contributed by atoms with Crippen LogP contribution in [0, 0.1) is 0 Å². The fourth-order valence-corrected chi connectivity index (χ4v) is 3.14. The summed E-state index contributed by atoms with van der Waals surface area (Å²) >= 11 is 0. The number of nitrogens with one attached hydrogen (secondary N) is 1. The van der Waals surface area contributed by atoms with Crippen LogP contribution in [0.4, 0.5) is 13.6 Å². The number of hydrogen-bond acceptors (Lipinski definition) is 3. The van der Waals surface area contributed by atoms with E-state index in [0.717, 1.165) is 25.2 Å². The fourth-order valence-electron chi connectivity index (χ4n) is 3.14. The van der Waals surface area contributed by atoms with E-state index < -0.39 is 13.0 Å². The van der Waals surface area contributed by atoms with Gasteiger partial charge in [0, 0.05) is 39.3 Å². The highest BCUT2D eigenvalue weighted by Gasteiger charge is 2.20. The second-order valence-corrected chi connectivity index (χ2v) is 6.76. The van der Waals surface area contributed by atoms with Crippen molar-refractivity contribution in [2.75, 3.05) is 32.8 Å². The van der Waals surface area contributed by atoms with Crippen LogP contribution in [-0.4, -0.2) is 55.0 Å². The number of halogens is 2. The summed E-state index contributed by atoms with van der Waals surface area (Å²) in [4.78, 5) is 16.5. The number of alkyl halides is 2. The second kappa shape index (κ2) is 10.0. The van der Waals surface area contributed by atoms with E-state index >= 15 is 0 Å². The molecule has 2 amide bonds. The lowest BCUT2D eigenvalue weighted by Gasteiger charge is -2.34. The number of carbonyl (C=O) groups is 1. The van der Waals surface area contributed by atoms with Gasteiger partial charge in [-0.2, -0.15) is 0 Å². The standard InChI is InChI=1S/C21H25F2N3O2/c22-20(23)16-28-19-8-4-7-18(13-19)14-24-21(27)26-11-9-25(10-12-26)15-17-5-2-1-3-6-17/h1-8,13,20H,9-12,14-16H2,(H,24,27). The van der Waals surface area contributed by atoms with Crippen molar-refractivity contribution in [2.45, 2.75) is 19.5 Å². The first-order valence-electron chi connectivity index (χ1n) is 9.39. The van der Waals surface area contributed by atoms with Gasteiger partial charge in [-0.25, -0.2) is 13.6 Å². The van der Waals surface area contributed by atoms with Crippen LogP contribution in [0.2, 0.25) is 0 Å². The Labute approximate surface area is 163 Å². The minimum atomic E-state index is -2.51. The number of hydrogen-bond donors (Lipinski definition) is 1. The van der Waals surface area contributed by atoms with Crippen LogP contribution >= 0.6 is 0 Å². The third-order valence-electron chi connectivity index (χ3n) is 4.63. The summed E-state index contributed by atoms with van der Waals surface area (Å²) in [5, 5.41) is 2.89. The molecule has 0 atom stereocenters. The lowest BCUT2D eigenvalue weighted by atomic mass is 10.2. The van der Waals surface area contributed by atoms with E-state index in [1.54, 1.807) is 23.1 Å². The summed E-state index contributed by atoms with van der Waals surface area (Å²) in [5.74, 6) is 0.376. The van der Waals surface area contributed by atoms with Gasteiger partial charge in [0.2, 0.25) is 0 Å². The SMILES string of the molecule is O=C(NCc1cccc(OCC(F)F)c1)N1CCN(Cc2ccccc2)CC1. The van der Waals surface area contributed by atoms with E-state index in [2.05, 4.69) is 22.3 Å². The van der Waals surface area contributed by atoms with E-state index in [-0.39, 0.29) is 6.03 Å². The van der Waals surface area contributed by atoms with Crippen LogP contribution in [0.15, 0.2) is 54.6 Å². The van der Waals surface area contributed by atoms with E-state index in [1.807, 2.05) is 24.3 Å². The van der Waals surface area contributed by atoms with Crippen molar-refractivity contribution in [3.63, 3.8) is 0 Å². The largest absolute Gasteiger partial charge is 0.488 e. The van der Waals surface area contributed by atoms with Gasteiger partial charge < -0.3 is 15.0 Å². The molecule has 2 aromatic carbocycles. The average Bonchev–Trinajstić information content (AvgIpc) is 2.72. The van der Waals surface area contributed by atoms with Gasteiger partial charge >= 0.3 is 6.03 Å². The molecule has 1 N–H and O–H groups in total. The number of ether oxygens (including phenoxy) is 1. The summed E-state index contributed by atoms with van der Waals surface area (Å²) < 4.78 is 29.5. The second-order valence-electron chi connectivity index (χ2n) is 6.76. The number of nitrogens with zero attached hydrogens (tertiary/aromatic N) is 2. The van der Waals surface area contributed by atoms with Crippen molar-refractivity contribution in [1.82, 2.24) is 15.1 Å². The maximum absolute atomic E-state index is 12.4.